The lowest BCUT2D eigenvalue weighted by molar-refractivity contribution is 0.0964. The summed E-state index contributed by atoms with van der Waals surface area (Å²) in [4.78, 5) is 16.7. The number of anilines is 1. The fourth-order valence-electron chi connectivity index (χ4n) is 2.74. The molecule has 148 valence electrons. The molecule has 0 saturated carbocycles. The number of hydrogen-bond acceptors (Lipinski definition) is 6. The molecule has 28 heavy (non-hydrogen) atoms. The lowest BCUT2D eigenvalue weighted by atomic mass is 10.1. The third-order valence-corrected chi connectivity index (χ3v) is 6.08. The molecule has 1 N–H and O–H groups in total. The van der Waals surface area contributed by atoms with Crippen LogP contribution in [0.4, 0.5) is 5.69 Å². The molecule has 1 amide bonds. The number of methoxy groups -OCH3 is 1. The summed E-state index contributed by atoms with van der Waals surface area (Å²) in [5.74, 6) is 0.376. The summed E-state index contributed by atoms with van der Waals surface area (Å²) in [5, 5.41) is 3.16. The summed E-state index contributed by atoms with van der Waals surface area (Å²) < 4.78 is 36.6. The molecule has 8 nitrogen and oxygen atoms in total. The van der Waals surface area contributed by atoms with Crippen molar-refractivity contribution in [3.63, 3.8) is 0 Å². The van der Waals surface area contributed by atoms with Gasteiger partial charge in [-0.3, -0.25) is 9.10 Å². The minimum Gasteiger partial charge on any atom is -0.481 e. The maximum Gasteiger partial charge on any atom is 0.255 e. The Morgan fingerprint density at radius 3 is 2.64 bits per heavy atom. The van der Waals surface area contributed by atoms with Gasteiger partial charge in [-0.15, -0.1) is 0 Å². The number of nitrogens with zero attached hydrogens (tertiary/aromatic N) is 2. The minimum absolute atomic E-state index is 0.333. The van der Waals surface area contributed by atoms with Gasteiger partial charge in [-0.1, -0.05) is 0 Å². The Morgan fingerprint density at radius 1 is 1.32 bits per heavy atom. The maximum absolute atomic E-state index is 12.6. The molecule has 1 aromatic carbocycles. The van der Waals surface area contributed by atoms with Crippen LogP contribution in [0.3, 0.4) is 0 Å². The van der Waals surface area contributed by atoms with Gasteiger partial charge < -0.3 is 14.5 Å². The van der Waals surface area contributed by atoms with Crippen molar-refractivity contribution in [1.29, 1.82) is 0 Å². The molecule has 2 aromatic heterocycles. The Morgan fingerprint density at radius 2 is 2.04 bits per heavy atom. The Hall–Kier alpha value is -2.59. The van der Waals surface area contributed by atoms with Gasteiger partial charge in [-0.25, -0.2) is 13.4 Å². The lowest BCUT2D eigenvalue weighted by Crippen LogP contribution is -2.25. The topological polar surface area (TPSA) is 102 Å². The van der Waals surface area contributed by atoms with Crippen molar-refractivity contribution in [3.05, 3.63) is 40.5 Å². The summed E-state index contributed by atoms with van der Waals surface area (Å²) in [5.41, 5.74) is 1.71. The number of rotatable bonds is 5. The van der Waals surface area contributed by atoms with Gasteiger partial charge in [-0.05, 0) is 28.1 Å². The highest BCUT2D eigenvalue weighted by atomic mass is 79.9. The van der Waals surface area contributed by atoms with E-state index in [4.69, 9.17) is 9.15 Å². The molecule has 0 atom stereocenters. The van der Waals surface area contributed by atoms with E-state index in [1.807, 2.05) is 0 Å². The number of nitrogens with one attached hydrogen (secondary N) is 1. The number of sulfonamides is 1. The Bertz CT molecular complexity index is 1170. The number of fused-ring (bicyclic) bond motifs is 1. The molecule has 0 bridgehead atoms. The molecule has 0 spiro atoms. The standard InChI is InChI=1S/C18H18BrN3O5S/c1-20-18(23)16-11-8-12(19)13(22(2)28(4,24)25)9-14(11)27-17(16)10-5-6-21-15(7-10)26-3/h5-9H,1-4H3,(H,20,23). The average Bonchev–Trinajstić information content (AvgIpc) is 3.03. The average molecular weight is 468 g/mol. The first kappa shape index (κ1) is 20.2. The van der Waals surface area contributed by atoms with Crippen molar-refractivity contribution >= 4 is 48.5 Å². The number of carbonyl (C=O) groups is 1. The van der Waals surface area contributed by atoms with E-state index in [1.165, 1.54) is 21.2 Å². The normalized spacial score (nSPS) is 11.5. The van der Waals surface area contributed by atoms with Crippen LogP contribution >= 0.6 is 15.9 Å². The molecule has 0 fully saturated rings. The van der Waals surface area contributed by atoms with Crippen molar-refractivity contribution in [2.24, 2.45) is 0 Å². The second-order valence-electron chi connectivity index (χ2n) is 6.00. The number of aromatic nitrogens is 1. The first-order valence-corrected chi connectivity index (χ1v) is 10.7. The number of amides is 1. The quantitative estimate of drug-likeness (QED) is 0.618. The van der Waals surface area contributed by atoms with Crippen molar-refractivity contribution in [2.45, 2.75) is 0 Å². The van der Waals surface area contributed by atoms with Gasteiger partial charge >= 0.3 is 0 Å². The van der Waals surface area contributed by atoms with Crippen LogP contribution < -0.4 is 14.4 Å². The minimum atomic E-state index is -3.47. The lowest BCUT2D eigenvalue weighted by Gasteiger charge is -2.18. The van der Waals surface area contributed by atoms with Crippen molar-refractivity contribution < 1.29 is 22.4 Å². The number of pyridine rings is 1. The number of furan rings is 1. The molecule has 0 aliphatic heterocycles. The maximum atomic E-state index is 12.6. The van der Waals surface area contributed by atoms with Gasteiger partial charge in [0.05, 0.1) is 24.6 Å². The van der Waals surface area contributed by atoms with E-state index in [0.717, 1.165) is 10.6 Å². The van der Waals surface area contributed by atoms with E-state index in [-0.39, 0.29) is 5.91 Å². The van der Waals surface area contributed by atoms with Crippen LogP contribution in [0.5, 0.6) is 5.88 Å². The van der Waals surface area contributed by atoms with Gasteiger partial charge in [0.25, 0.3) is 5.91 Å². The summed E-state index contributed by atoms with van der Waals surface area (Å²) in [6.07, 6.45) is 2.66. The Kier molecular flexibility index (Phi) is 5.35. The van der Waals surface area contributed by atoms with Gasteiger partial charge in [0.1, 0.15) is 11.3 Å². The third-order valence-electron chi connectivity index (χ3n) is 4.25. The van der Waals surface area contributed by atoms with E-state index in [9.17, 15) is 13.2 Å². The second kappa shape index (κ2) is 7.44. The molecule has 2 heterocycles. The van der Waals surface area contributed by atoms with E-state index in [1.54, 1.807) is 30.5 Å². The Balaban J connectivity index is 2.31. The number of ether oxygens (including phenoxy) is 1. The van der Waals surface area contributed by atoms with Crippen molar-refractivity contribution in [1.82, 2.24) is 10.3 Å². The monoisotopic (exact) mass is 467 g/mol. The van der Waals surface area contributed by atoms with Gasteiger partial charge in [0.15, 0.2) is 0 Å². The zero-order valence-corrected chi connectivity index (χ0v) is 18.0. The van der Waals surface area contributed by atoms with E-state index in [2.05, 4.69) is 26.2 Å². The van der Waals surface area contributed by atoms with E-state index in [0.29, 0.717) is 43.9 Å². The highest BCUT2D eigenvalue weighted by Crippen LogP contribution is 2.39. The molecule has 0 aliphatic carbocycles. The molecular formula is C18H18BrN3O5S. The second-order valence-corrected chi connectivity index (χ2v) is 8.87. The van der Waals surface area contributed by atoms with Crippen molar-refractivity contribution in [2.75, 3.05) is 31.8 Å². The third kappa shape index (κ3) is 3.57. The van der Waals surface area contributed by atoms with Gasteiger partial charge in [0.2, 0.25) is 15.9 Å². The molecule has 0 unspecified atom stereocenters. The van der Waals surface area contributed by atoms with Crippen LogP contribution in [0.1, 0.15) is 10.4 Å². The fraction of sp³-hybridized carbons (Fsp3) is 0.222. The summed E-state index contributed by atoms with van der Waals surface area (Å²) in [6, 6.07) is 6.60. The first-order chi connectivity index (χ1) is 13.2. The van der Waals surface area contributed by atoms with E-state index < -0.39 is 10.0 Å². The molecule has 10 heteroatoms. The van der Waals surface area contributed by atoms with Crippen LogP contribution in [-0.4, -0.2) is 46.8 Å². The molecule has 3 rings (SSSR count). The van der Waals surface area contributed by atoms with Crippen LogP contribution in [-0.2, 0) is 10.0 Å². The molecular weight excluding hydrogens is 450 g/mol. The van der Waals surface area contributed by atoms with Crippen molar-refractivity contribution in [3.8, 4) is 17.2 Å². The fourth-order valence-corrected chi connectivity index (χ4v) is 3.98. The molecule has 0 aliphatic rings. The predicted molar refractivity (Wildman–Crippen MR) is 110 cm³/mol. The highest BCUT2D eigenvalue weighted by molar-refractivity contribution is 9.10. The van der Waals surface area contributed by atoms with Crippen LogP contribution in [0.25, 0.3) is 22.3 Å². The number of hydrogen-bond donors (Lipinski definition) is 1. The Labute approximate surface area is 170 Å². The zero-order valence-electron chi connectivity index (χ0n) is 15.6. The van der Waals surface area contributed by atoms with Gasteiger partial charge in [0, 0.05) is 47.8 Å². The summed E-state index contributed by atoms with van der Waals surface area (Å²) >= 11 is 3.39. The molecule has 3 aromatic rings. The number of halogens is 1. The largest absolute Gasteiger partial charge is 0.481 e. The van der Waals surface area contributed by atoms with Crippen LogP contribution in [0.15, 0.2) is 39.4 Å². The molecule has 0 radical (unpaired) electrons. The number of benzene rings is 1. The summed E-state index contributed by atoms with van der Waals surface area (Å²) in [6.45, 7) is 0. The van der Waals surface area contributed by atoms with E-state index >= 15 is 0 Å². The summed E-state index contributed by atoms with van der Waals surface area (Å²) in [7, 11) is 0.990. The smallest absolute Gasteiger partial charge is 0.255 e. The number of carbonyl (C=O) groups excluding carboxylic acids is 1. The first-order valence-electron chi connectivity index (χ1n) is 8.09. The van der Waals surface area contributed by atoms with Crippen LogP contribution in [0, 0.1) is 0 Å². The molecule has 0 saturated heterocycles. The predicted octanol–water partition coefficient (Wildman–Crippen LogP) is 3.02. The zero-order chi connectivity index (χ0) is 20.6. The van der Waals surface area contributed by atoms with Gasteiger partial charge in [-0.2, -0.15) is 0 Å². The van der Waals surface area contributed by atoms with Crippen LogP contribution in [0.2, 0.25) is 0 Å². The SMILES string of the molecule is CNC(=O)c1c(-c2ccnc(OC)c2)oc2cc(N(C)S(C)(=O)=O)c(Br)cc12. The highest BCUT2D eigenvalue weighted by Gasteiger charge is 2.25.